The molecule has 7 nitrogen and oxygen atoms in total. The number of nitrogens with one attached hydrogen (secondary N) is 2. The van der Waals surface area contributed by atoms with E-state index >= 15 is 4.39 Å². The second-order valence-corrected chi connectivity index (χ2v) is 8.56. The van der Waals surface area contributed by atoms with Gasteiger partial charge in [0.25, 0.3) is 0 Å². The summed E-state index contributed by atoms with van der Waals surface area (Å²) in [5.41, 5.74) is 0.249. The number of phenolic OH excluding ortho intramolecular Hbond substituents is 1. The fraction of sp³-hybridized carbons (Fsp3) is 0.261. The van der Waals surface area contributed by atoms with Gasteiger partial charge in [-0.2, -0.15) is 4.98 Å². The average Bonchev–Trinajstić information content (AvgIpc) is 3.20. The Hall–Kier alpha value is -3.52. The number of halogens is 1. The molecular weight excluding hydrogens is 397 g/mol. The molecule has 3 N–H and O–H groups in total. The summed E-state index contributed by atoms with van der Waals surface area (Å²) >= 11 is 0. The van der Waals surface area contributed by atoms with Crippen LogP contribution < -0.4 is 15.9 Å². The minimum absolute atomic E-state index is 0.0235. The van der Waals surface area contributed by atoms with Crippen LogP contribution in [-0.2, 0) is 0 Å². The molecule has 2 aromatic carbocycles. The van der Waals surface area contributed by atoms with Gasteiger partial charge in [0, 0.05) is 43.4 Å². The molecule has 8 heteroatoms. The van der Waals surface area contributed by atoms with Gasteiger partial charge < -0.3 is 20.3 Å². The van der Waals surface area contributed by atoms with E-state index in [0.717, 1.165) is 43.4 Å². The van der Waals surface area contributed by atoms with E-state index < -0.39 is 11.5 Å². The lowest BCUT2D eigenvalue weighted by atomic mass is 9.81. The van der Waals surface area contributed by atoms with Gasteiger partial charge >= 0.3 is 5.69 Å². The second-order valence-electron chi connectivity index (χ2n) is 8.56. The van der Waals surface area contributed by atoms with Gasteiger partial charge in [-0.1, -0.05) is 24.3 Å². The van der Waals surface area contributed by atoms with Gasteiger partial charge in [0.2, 0.25) is 0 Å². The lowest BCUT2D eigenvalue weighted by molar-refractivity contribution is 0.199. The normalized spacial score (nSPS) is 17.5. The monoisotopic (exact) mass is 417 g/mol. The quantitative estimate of drug-likeness (QED) is 0.464. The van der Waals surface area contributed by atoms with E-state index in [1.165, 1.54) is 6.07 Å². The molecule has 6 rings (SSSR count). The van der Waals surface area contributed by atoms with Gasteiger partial charge in [-0.25, -0.2) is 9.18 Å². The summed E-state index contributed by atoms with van der Waals surface area (Å²) in [6, 6.07) is 10.5. The predicted octanol–water partition coefficient (Wildman–Crippen LogP) is 2.78. The van der Waals surface area contributed by atoms with Gasteiger partial charge in [-0.05, 0) is 29.3 Å². The Morgan fingerprint density at radius 1 is 1.16 bits per heavy atom. The molecule has 0 unspecified atom stereocenters. The number of H-pyrrole nitrogens is 1. The molecule has 2 aliphatic heterocycles. The fourth-order valence-corrected chi connectivity index (χ4v) is 4.87. The summed E-state index contributed by atoms with van der Waals surface area (Å²) in [4.78, 5) is 25.5. The van der Waals surface area contributed by atoms with E-state index in [0.29, 0.717) is 16.8 Å². The standard InChI is InChI=1S/C23H20FN5O2/c24-18-19(16-8-14(30)7-13-3-1-2-4-15(13)16)26-9-17-20(18)27-22(31)28-21(17)29-6-5-23(12-29)10-25-11-23/h1-4,7-9,25,30H,5-6,10-12H2,(H,27,28,31). The van der Waals surface area contributed by atoms with Crippen LogP contribution in [0.5, 0.6) is 5.75 Å². The molecular formula is C23H20FN5O2. The highest BCUT2D eigenvalue weighted by Gasteiger charge is 2.43. The smallest absolute Gasteiger partial charge is 0.347 e. The maximum Gasteiger partial charge on any atom is 0.347 e. The van der Waals surface area contributed by atoms with E-state index in [-0.39, 0.29) is 22.4 Å². The number of pyridine rings is 1. The van der Waals surface area contributed by atoms with Crippen molar-refractivity contribution < 1.29 is 9.50 Å². The molecule has 0 saturated carbocycles. The molecule has 2 saturated heterocycles. The first kappa shape index (κ1) is 18.3. The molecule has 2 fully saturated rings. The molecule has 4 heterocycles. The van der Waals surface area contributed by atoms with Crippen LogP contribution in [-0.4, -0.2) is 46.2 Å². The number of rotatable bonds is 2. The topological polar surface area (TPSA) is 94.1 Å². The van der Waals surface area contributed by atoms with E-state index in [1.807, 2.05) is 24.3 Å². The van der Waals surface area contributed by atoms with Crippen molar-refractivity contribution in [2.45, 2.75) is 6.42 Å². The van der Waals surface area contributed by atoms with Crippen molar-refractivity contribution in [1.82, 2.24) is 20.3 Å². The number of aromatic nitrogens is 3. The molecule has 0 amide bonds. The second kappa shape index (κ2) is 6.49. The van der Waals surface area contributed by atoms with Gasteiger partial charge in [-0.15, -0.1) is 0 Å². The van der Waals surface area contributed by atoms with Crippen LogP contribution in [0.3, 0.4) is 0 Å². The summed E-state index contributed by atoms with van der Waals surface area (Å²) in [7, 11) is 0. The minimum Gasteiger partial charge on any atom is -0.508 e. The first-order valence-electron chi connectivity index (χ1n) is 10.3. The highest BCUT2D eigenvalue weighted by Crippen LogP contribution is 2.39. The Morgan fingerprint density at radius 2 is 2.00 bits per heavy atom. The number of fused-ring (bicyclic) bond motifs is 2. The number of nitrogens with zero attached hydrogens (tertiary/aromatic N) is 3. The first-order valence-corrected chi connectivity index (χ1v) is 10.3. The lowest BCUT2D eigenvalue weighted by Crippen LogP contribution is -2.54. The molecule has 2 aliphatic rings. The van der Waals surface area contributed by atoms with Crippen molar-refractivity contribution in [3.8, 4) is 17.0 Å². The third kappa shape index (κ3) is 2.79. The lowest BCUT2D eigenvalue weighted by Gasteiger charge is -2.39. The van der Waals surface area contributed by atoms with Crippen molar-refractivity contribution in [2.75, 3.05) is 31.1 Å². The van der Waals surface area contributed by atoms with Crippen LogP contribution >= 0.6 is 0 Å². The van der Waals surface area contributed by atoms with Crippen molar-refractivity contribution in [3.63, 3.8) is 0 Å². The summed E-state index contributed by atoms with van der Waals surface area (Å²) in [6.45, 7) is 3.46. The van der Waals surface area contributed by atoms with Crippen LogP contribution in [0.15, 0.2) is 47.4 Å². The Balaban J connectivity index is 1.54. The molecule has 0 bridgehead atoms. The van der Waals surface area contributed by atoms with E-state index in [2.05, 4.69) is 25.2 Å². The molecule has 156 valence electrons. The maximum atomic E-state index is 15.7. The third-order valence-electron chi connectivity index (χ3n) is 6.54. The Morgan fingerprint density at radius 3 is 2.77 bits per heavy atom. The fourth-order valence-electron chi connectivity index (χ4n) is 4.87. The summed E-state index contributed by atoms with van der Waals surface area (Å²) in [5.74, 6) is -0.134. The predicted molar refractivity (Wildman–Crippen MR) is 117 cm³/mol. The van der Waals surface area contributed by atoms with Crippen LogP contribution in [0.4, 0.5) is 10.2 Å². The zero-order valence-corrected chi connectivity index (χ0v) is 16.7. The van der Waals surface area contributed by atoms with Crippen LogP contribution in [0.1, 0.15) is 6.42 Å². The number of hydrogen-bond donors (Lipinski definition) is 3. The van der Waals surface area contributed by atoms with Gasteiger partial charge in [0.15, 0.2) is 5.82 Å². The number of benzene rings is 2. The van der Waals surface area contributed by atoms with E-state index in [9.17, 15) is 9.90 Å². The number of hydrogen-bond acceptors (Lipinski definition) is 6. The third-order valence-corrected chi connectivity index (χ3v) is 6.54. The SMILES string of the molecule is O=c1nc(N2CCC3(CNC3)C2)c2cnc(-c3cc(O)cc4ccccc34)c(F)c2[nH]1. The summed E-state index contributed by atoms with van der Waals surface area (Å²) < 4.78 is 15.7. The zero-order valence-electron chi connectivity index (χ0n) is 16.7. The molecule has 0 radical (unpaired) electrons. The maximum absolute atomic E-state index is 15.7. The summed E-state index contributed by atoms with van der Waals surface area (Å²) in [6.07, 6.45) is 2.58. The van der Waals surface area contributed by atoms with E-state index in [4.69, 9.17) is 0 Å². The van der Waals surface area contributed by atoms with Crippen LogP contribution in [0.25, 0.3) is 32.9 Å². The van der Waals surface area contributed by atoms with Gasteiger partial charge in [0.1, 0.15) is 17.3 Å². The summed E-state index contributed by atoms with van der Waals surface area (Å²) in [5, 5.41) is 15.5. The number of aromatic amines is 1. The van der Waals surface area contributed by atoms with Crippen molar-refractivity contribution in [3.05, 3.63) is 58.9 Å². The zero-order chi connectivity index (χ0) is 21.2. The number of phenols is 1. The van der Waals surface area contributed by atoms with Crippen molar-refractivity contribution >= 4 is 27.5 Å². The number of anilines is 1. The van der Waals surface area contributed by atoms with Crippen LogP contribution in [0, 0.1) is 11.2 Å². The minimum atomic E-state index is -0.631. The van der Waals surface area contributed by atoms with Gasteiger partial charge in [-0.3, -0.25) is 4.98 Å². The molecule has 4 aromatic rings. The average molecular weight is 417 g/mol. The molecule has 0 atom stereocenters. The number of aromatic hydroxyl groups is 1. The van der Waals surface area contributed by atoms with Gasteiger partial charge in [0.05, 0.1) is 10.9 Å². The van der Waals surface area contributed by atoms with Crippen molar-refractivity contribution in [1.29, 1.82) is 0 Å². The Bertz CT molecular complexity index is 1410. The highest BCUT2D eigenvalue weighted by atomic mass is 19.1. The van der Waals surface area contributed by atoms with Crippen LogP contribution in [0.2, 0.25) is 0 Å². The van der Waals surface area contributed by atoms with E-state index in [1.54, 1.807) is 12.3 Å². The Labute approximate surface area is 176 Å². The van der Waals surface area contributed by atoms with Crippen molar-refractivity contribution in [2.24, 2.45) is 5.41 Å². The highest BCUT2D eigenvalue weighted by molar-refractivity contribution is 5.99. The first-order chi connectivity index (χ1) is 15.0. The molecule has 0 aliphatic carbocycles. The molecule has 2 aromatic heterocycles. The Kier molecular flexibility index (Phi) is 3.82. The molecule has 1 spiro atoms. The largest absolute Gasteiger partial charge is 0.508 e. The molecule has 31 heavy (non-hydrogen) atoms.